The number of rotatable bonds is 8. The van der Waals surface area contributed by atoms with E-state index < -0.39 is 0 Å². The number of hydrogen-bond donors (Lipinski definition) is 1. The topological polar surface area (TPSA) is 72.7 Å². The van der Waals surface area contributed by atoms with Crippen molar-refractivity contribution in [2.24, 2.45) is 5.92 Å². The lowest BCUT2D eigenvalue weighted by Gasteiger charge is -2.25. The van der Waals surface area contributed by atoms with Gasteiger partial charge in [0.05, 0.1) is 19.8 Å². The Kier molecular flexibility index (Phi) is 6.23. The van der Waals surface area contributed by atoms with Gasteiger partial charge in [0.25, 0.3) is 0 Å². The Bertz CT molecular complexity index is 379. The molecule has 0 saturated carbocycles. The molecular weight excluding hydrogens is 260 g/mol. The zero-order valence-corrected chi connectivity index (χ0v) is 12.3. The summed E-state index contributed by atoms with van der Waals surface area (Å²) in [7, 11) is 3.65. The molecule has 7 nitrogen and oxygen atoms in total. The van der Waals surface area contributed by atoms with Gasteiger partial charge in [-0.3, -0.25) is 0 Å². The maximum atomic E-state index is 5.63. The van der Waals surface area contributed by atoms with Gasteiger partial charge in [0.1, 0.15) is 0 Å². The second-order valence-corrected chi connectivity index (χ2v) is 5.11. The van der Waals surface area contributed by atoms with Gasteiger partial charge >= 0.3 is 6.01 Å². The standard InChI is InChI=1S/C13H24N4O3/c1-17(9-11-4-3-6-19-10-11)13-16-15-12(20-13)8-14-5-7-18-2/h11,14H,3-10H2,1-2H3. The van der Waals surface area contributed by atoms with E-state index in [2.05, 4.69) is 15.5 Å². The van der Waals surface area contributed by atoms with Gasteiger partial charge in [-0.2, -0.15) is 0 Å². The average molecular weight is 284 g/mol. The summed E-state index contributed by atoms with van der Waals surface area (Å²) in [5, 5.41) is 11.3. The fraction of sp³-hybridized carbons (Fsp3) is 0.846. The summed E-state index contributed by atoms with van der Waals surface area (Å²) in [6.07, 6.45) is 2.33. The third-order valence-electron chi connectivity index (χ3n) is 3.33. The second-order valence-electron chi connectivity index (χ2n) is 5.11. The number of aromatic nitrogens is 2. The molecule has 1 aromatic rings. The molecule has 20 heavy (non-hydrogen) atoms. The first-order chi connectivity index (χ1) is 9.79. The van der Waals surface area contributed by atoms with Crippen molar-refractivity contribution in [2.75, 3.05) is 52.0 Å². The third-order valence-corrected chi connectivity index (χ3v) is 3.33. The lowest BCUT2D eigenvalue weighted by atomic mass is 10.0. The summed E-state index contributed by atoms with van der Waals surface area (Å²) in [6, 6.07) is 0.569. The first-order valence-electron chi connectivity index (χ1n) is 7.10. The Morgan fingerprint density at radius 3 is 3.10 bits per heavy atom. The molecule has 1 N–H and O–H groups in total. The van der Waals surface area contributed by atoms with Crippen molar-refractivity contribution < 1.29 is 13.9 Å². The molecule has 0 radical (unpaired) electrons. The van der Waals surface area contributed by atoms with Gasteiger partial charge in [0.2, 0.25) is 5.89 Å². The van der Waals surface area contributed by atoms with Crippen molar-refractivity contribution in [3.8, 4) is 0 Å². The van der Waals surface area contributed by atoms with Crippen LogP contribution < -0.4 is 10.2 Å². The van der Waals surface area contributed by atoms with E-state index in [1.807, 2.05) is 11.9 Å². The summed E-state index contributed by atoms with van der Waals surface area (Å²) in [5.74, 6) is 1.15. The number of nitrogens with one attached hydrogen (secondary N) is 1. The van der Waals surface area contributed by atoms with Crippen LogP contribution in [0.25, 0.3) is 0 Å². The molecule has 1 saturated heterocycles. The van der Waals surface area contributed by atoms with E-state index >= 15 is 0 Å². The second kappa shape index (κ2) is 8.18. The maximum absolute atomic E-state index is 5.63. The molecule has 1 aromatic heterocycles. The van der Waals surface area contributed by atoms with Gasteiger partial charge < -0.3 is 24.1 Å². The van der Waals surface area contributed by atoms with Crippen molar-refractivity contribution in [3.05, 3.63) is 5.89 Å². The first-order valence-corrected chi connectivity index (χ1v) is 7.10. The van der Waals surface area contributed by atoms with Gasteiger partial charge in [0, 0.05) is 39.8 Å². The molecule has 1 atom stereocenters. The van der Waals surface area contributed by atoms with Crippen molar-refractivity contribution in [2.45, 2.75) is 19.4 Å². The molecule has 1 aliphatic rings. The van der Waals surface area contributed by atoms with Crippen molar-refractivity contribution >= 4 is 6.01 Å². The van der Waals surface area contributed by atoms with Crippen LogP contribution in [-0.4, -0.2) is 57.3 Å². The SMILES string of the molecule is COCCNCc1nnc(N(C)CC2CCCOC2)o1. The molecule has 0 bridgehead atoms. The summed E-state index contributed by atoms with van der Waals surface area (Å²) < 4.78 is 16.1. The van der Waals surface area contributed by atoms with E-state index in [-0.39, 0.29) is 0 Å². The van der Waals surface area contributed by atoms with Gasteiger partial charge in [-0.25, -0.2) is 0 Å². The van der Waals surface area contributed by atoms with Crippen molar-refractivity contribution in [1.29, 1.82) is 0 Å². The molecule has 0 spiro atoms. The van der Waals surface area contributed by atoms with Crippen LogP contribution in [0.1, 0.15) is 18.7 Å². The van der Waals surface area contributed by atoms with Crippen LogP contribution >= 0.6 is 0 Å². The highest BCUT2D eigenvalue weighted by atomic mass is 16.5. The van der Waals surface area contributed by atoms with Gasteiger partial charge in [-0.05, 0) is 12.8 Å². The molecule has 2 heterocycles. The van der Waals surface area contributed by atoms with E-state index in [1.165, 1.54) is 6.42 Å². The minimum absolute atomic E-state index is 0.545. The predicted molar refractivity (Wildman–Crippen MR) is 74.7 cm³/mol. The van der Waals surface area contributed by atoms with Crippen LogP contribution in [0.15, 0.2) is 4.42 Å². The first kappa shape index (κ1) is 15.2. The highest BCUT2D eigenvalue weighted by molar-refractivity contribution is 5.22. The molecular formula is C13H24N4O3. The van der Waals surface area contributed by atoms with Crippen LogP contribution in [0.3, 0.4) is 0 Å². The quantitative estimate of drug-likeness (QED) is 0.703. The van der Waals surface area contributed by atoms with Crippen molar-refractivity contribution in [1.82, 2.24) is 15.5 Å². The minimum Gasteiger partial charge on any atom is -0.407 e. The lowest BCUT2D eigenvalue weighted by Crippen LogP contribution is -2.31. The van der Waals surface area contributed by atoms with E-state index in [0.717, 1.165) is 32.7 Å². The molecule has 7 heteroatoms. The number of nitrogens with zero attached hydrogens (tertiary/aromatic N) is 3. The Morgan fingerprint density at radius 1 is 1.45 bits per heavy atom. The molecule has 1 unspecified atom stereocenters. The zero-order chi connectivity index (χ0) is 14.2. The maximum Gasteiger partial charge on any atom is 0.317 e. The highest BCUT2D eigenvalue weighted by Gasteiger charge is 2.18. The largest absolute Gasteiger partial charge is 0.407 e. The normalized spacial score (nSPS) is 19.2. The molecule has 0 amide bonds. The van der Waals surface area contributed by atoms with Crippen LogP contribution in [0.5, 0.6) is 0 Å². The van der Waals surface area contributed by atoms with Crippen LogP contribution in [0.4, 0.5) is 6.01 Å². The molecule has 1 aliphatic heterocycles. The highest BCUT2D eigenvalue weighted by Crippen LogP contribution is 2.18. The van der Waals surface area contributed by atoms with Gasteiger partial charge in [-0.15, -0.1) is 5.10 Å². The lowest BCUT2D eigenvalue weighted by molar-refractivity contribution is 0.0573. The zero-order valence-electron chi connectivity index (χ0n) is 12.3. The Balaban J connectivity index is 1.75. The van der Waals surface area contributed by atoms with Gasteiger partial charge in [-0.1, -0.05) is 5.10 Å². The van der Waals surface area contributed by atoms with E-state index in [0.29, 0.717) is 31.0 Å². The fourth-order valence-corrected chi connectivity index (χ4v) is 2.26. The monoisotopic (exact) mass is 284 g/mol. The summed E-state index contributed by atoms with van der Waals surface area (Å²) in [5.41, 5.74) is 0. The van der Waals surface area contributed by atoms with Crippen LogP contribution in [-0.2, 0) is 16.0 Å². The summed E-state index contributed by atoms with van der Waals surface area (Å²) >= 11 is 0. The average Bonchev–Trinajstić information content (AvgIpc) is 2.94. The molecule has 114 valence electrons. The third kappa shape index (κ3) is 4.73. The van der Waals surface area contributed by atoms with E-state index in [9.17, 15) is 0 Å². The number of hydrogen-bond acceptors (Lipinski definition) is 7. The predicted octanol–water partition coefficient (Wildman–Crippen LogP) is 0.668. The number of methoxy groups -OCH3 is 1. The van der Waals surface area contributed by atoms with E-state index in [1.54, 1.807) is 7.11 Å². The van der Waals surface area contributed by atoms with Crippen LogP contribution in [0.2, 0.25) is 0 Å². The Morgan fingerprint density at radius 2 is 2.35 bits per heavy atom. The number of anilines is 1. The number of ether oxygens (including phenoxy) is 2. The van der Waals surface area contributed by atoms with E-state index in [4.69, 9.17) is 13.9 Å². The smallest absolute Gasteiger partial charge is 0.317 e. The Hall–Kier alpha value is -1.18. The Labute approximate surface area is 119 Å². The van der Waals surface area contributed by atoms with Crippen molar-refractivity contribution in [3.63, 3.8) is 0 Å². The summed E-state index contributed by atoms with van der Waals surface area (Å²) in [4.78, 5) is 2.00. The molecule has 1 fully saturated rings. The molecule has 0 aromatic carbocycles. The summed E-state index contributed by atoms with van der Waals surface area (Å²) in [6.45, 7) is 4.60. The minimum atomic E-state index is 0.545. The fourth-order valence-electron chi connectivity index (χ4n) is 2.26. The van der Waals surface area contributed by atoms with Gasteiger partial charge in [0.15, 0.2) is 0 Å². The van der Waals surface area contributed by atoms with Crippen LogP contribution in [0, 0.1) is 5.92 Å². The molecule has 2 rings (SSSR count). The molecule has 0 aliphatic carbocycles.